The molecule has 4 rings (SSSR count). The average Bonchev–Trinajstić information content (AvgIpc) is 3.22. The minimum absolute atomic E-state index is 0.0882. The molecule has 4 aromatic rings. The van der Waals surface area contributed by atoms with Gasteiger partial charge in [-0.2, -0.15) is 0 Å². The van der Waals surface area contributed by atoms with Gasteiger partial charge >= 0.3 is 0 Å². The van der Waals surface area contributed by atoms with Crippen molar-refractivity contribution in [1.29, 1.82) is 0 Å². The topological polar surface area (TPSA) is 39.9 Å². The summed E-state index contributed by atoms with van der Waals surface area (Å²) in [5, 5.41) is 9.71. The molecule has 0 saturated carbocycles. The lowest BCUT2D eigenvalue weighted by Gasteiger charge is -2.19. The second kappa shape index (κ2) is 9.57. The summed E-state index contributed by atoms with van der Waals surface area (Å²) in [6, 6.07) is 25.0. The first-order chi connectivity index (χ1) is 15.4. The van der Waals surface area contributed by atoms with E-state index in [0.717, 1.165) is 22.2 Å². The fourth-order valence-corrected chi connectivity index (χ4v) is 4.09. The highest BCUT2D eigenvalue weighted by molar-refractivity contribution is 7.99. The summed E-state index contributed by atoms with van der Waals surface area (Å²) >= 11 is 1.53. The molecule has 0 N–H and O–H groups in total. The zero-order valence-electron chi connectivity index (χ0n) is 18.5. The third kappa shape index (κ3) is 5.02. The Morgan fingerprint density at radius 3 is 2.25 bits per heavy atom. The van der Waals surface area contributed by atoms with Gasteiger partial charge in [0.25, 0.3) is 0 Å². The second-order valence-corrected chi connectivity index (χ2v) is 9.49. The molecule has 0 atom stereocenters. The number of hydrogen-bond acceptors (Lipinski definition) is 4. The maximum Gasteiger partial charge on any atom is 0.196 e. The lowest BCUT2D eigenvalue weighted by Crippen LogP contribution is -2.10. The number of thioether (sulfide) groups is 1. The van der Waals surface area contributed by atoms with Crippen LogP contribution in [0.5, 0.6) is 5.75 Å². The van der Waals surface area contributed by atoms with Gasteiger partial charge in [0, 0.05) is 17.0 Å². The van der Waals surface area contributed by atoms with Crippen molar-refractivity contribution in [2.24, 2.45) is 0 Å². The van der Waals surface area contributed by atoms with Crippen molar-refractivity contribution < 1.29 is 9.13 Å². The van der Waals surface area contributed by atoms with E-state index in [2.05, 4.69) is 59.8 Å². The van der Waals surface area contributed by atoms with Crippen LogP contribution in [0.2, 0.25) is 0 Å². The van der Waals surface area contributed by atoms with E-state index in [0.29, 0.717) is 12.4 Å². The van der Waals surface area contributed by atoms with Gasteiger partial charge < -0.3 is 4.74 Å². The summed E-state index contributed by atoms with van der Waals surface area (Å²) in [6.45, 7) is 6.97. The van der Waals surface area contributed by atoms with Gasteiger partial charge in [-0.3, -0.25) is 4.57 Å². The van der Waals surface area contributed by atoms with E-state index in [1.165, 1.54) is 23.4 Å². The number of ether oxygens (including phenoxy) is 1. The average molecular weight is 448 g/mol. The van der Waals surface area contributed by atoms with Crippen molar-refractivity contribution in [2.45, 2.75) is 31.3 Å². The lowest BCUT2D eigenvalue weighted by molar-refractivity contribution is 0.325. The summed E-state index contributed by atoms with van der Waals surface area (Å²) in [4.78, 5) is 0. The second-order valence-electron chi connectivity index (χ2n) is 8.43. The molecule has 0 radical (unpaired) electrons. The van der Waals surface area contributed by atoms with Gasteiger partial charge in [0.1, 0.15) is 0 Å². The molecular weight excluding hydrogens is 421 g/mol. The molecule has 1 aromatic heterocycles. The number of hydrogen-bond donors (Lipinski definition) is 0. The Balaban J connectivity index is 1.57. The largest absolute Gasteiger partial charge is 0.490 e. The van der Waals surface area contributed by atoms with Crippen LogP contribution in [0.4, 0.5) is 4.39 Å². The Morgan fingerprint density at radius 1 is 0.875 bits per heavy atom. The summed E-state index contributed by atoms with van der Waals surface area (Å²) in [6.07, 6.45) is 0. The molecule has 6 heteroatoms. The number of nitrogens with zero attached hydrogens (tertiary/aromatic N) is 3. The number of benzene rings is 3. The van der Waals surface area contributed by atoms with E-state index in [9.17, 15) is 4.39 Å². The monoisotopic (exact) mass is 447 g/mol. The number of halogens is 1. The van der Waals surface area contributed by atoms with Crippen LogP contribution in [0.1, 0.15) is 26.3 Å². The van der Waals surface area contributed by atoms with Gasteiger partial charge in [-0.1, -0.05) is 87.1 Å². The summed E-state index contributed by atoms with van der Waals surface area (Å²) in [5.41, 5.74) is 3.35. The van der Waals surface area contributed by atoms with Gasteiger partial charge in [0.15, 0.2) is 22.5 Å². The van der Waals surface area contributed by atoms with Gasteiger partial charge in [-0.15, -0.1) is 10.2 Å². The van der Waals surface area contributed by atoms with E-state index >= 15 is 0 Å². The van der Waals surface area contributed by atoms with Crippen LogP contribution in [0, 0.1) is 5.82 Å². The molecule has 3 aromatic carbocycles. The lowest BCUT2D eigenvalue weighted by atomic mass is 9.87. The SMILES string of the molecule is CC(C)(C)c1ccc(-c2nnc(SCCOc3ccccc3F)n2-c2ccccc2)cc1. The number of para-hydroxylation sites is 2. The van der Waals surface area contributed by atoms with Crippen LogP contribution in [-0.4, -0.2) is 27.1 Å². The molecule has 4 nitrogen and oxygen atoms in total. The summed E-state index contributed by atoms with van der Waals surface area (Å²) in [7, 11) is 0. The van der Waals surface area contributed by atoms with E-state index in [1.807, 2.05) is 30.3 Å². The maximum atomic E-state index is 13.8. The molecular formula is C26H26FN3OS. The molecule has 0 saturated heterocycles. The van der Waals surface area contributed by atoms with Crippen LogP contribution >= 0.6 is 11.8 Å². The molecule has 0 spiro atoms. The maximum absolute atomic E-state index is 13.8. The third-order valence-electron chi connectivity index (χ3n) is 5.07. The van der Waals surface area contributed by atoms with Crippen LogP contribution in [-0.2, 0) is 5.41 Å². The Labute approximate surface area is 192 Å². The molecule has 0 bridgehead atoms. The molecule has 0 unspecified atom stereocenters. The third-order valence-corrected chi connectivity index (χ3v) is 5.96. The summed E-state index contributed by atoms with van der Waals surface area (Å²) < 4.78 is 21.4. The first-order valence-corrected chi connectivity index (χ1v) is 11.5. The Bertz CT molecular complexity index is 1170. The number of rotatable bonds is 7. The molecule has 0 aliphatic carbocycles. The van der Waals surface area contributed by atoms with Crippen LogP contribution in [0.3, 0.4) is 0 Å². The van der Waals surface area contributed by atoms with Crippen molar-refractivity contribution in [2.75, 3.05) is 12.4 Å². The van der Waals surface area contributed by atoms with Crippen molar-refractivity contribution in [3.05, 3.63) is 90.2 Å². The first-order valence-electron chi connectivity index (χ1n) is 10.6. The highest BCUT2D eigenvalue weighted by Gasteiger charge is 2.18. The van der Waals surface area contributed by atoms with Crippen molar-refractivity contribution >= 4 is 11.8 Å². The Morgan fingerprint density at radius 2 is 1.56 bits per heavy atom. The fraction of sp³-hybridized carbons (Fsp3) is 0.231. The fourth-order valence-electron chi connectivity index (χ4n) is 3.33. The zero-order valence-corrected chi connectivity index (χ0v) is 19.3. The zero-order chi connectivity index (χ0) is 22.6. The molecule has 1 heterocycles. The Hall–Kier alpha value is -3.12. The van der Waals surface area contributed by atoms with Gasteiger partial charge in [0.2, 0.25) is 0 Å². The van der Waals surface area contributed by atoms with E-state index < -0.39 is 0 Å². The van der Waals surface area contributed by atoms with Crippen LogP contribution < -0.4 is 4.74 Å². The van der Waals surface area contributed by atoms with Crippen molar-refractivity contribution in [3.63, 3.8) is 0 Å². The minimum atomic E-state index is -0.356. The molecule has 0 amide bonds. The summed E-state index contributed by atoms with van der Waals surface area (Å²) in [5.74, 6) is 1.31. The van der Waals surface area contributed by atoms with E-state index in [1.54, 1.807) is 18.2 Å². The minimum Gasteiger partial charge on any atom is -0.490 e. The predicted octanol–water partition coefficient (Wildman–Crippen LogP) is 6.54. The van der Waals surface area contributed by atoms with Gasteiger partial charge in [-0.25, -0.2) is 4.39 Å². The van der Waals surface area contributed by atoms with E-state index in [-0.39, 0.29) is 17.0 Å². The van der Waals surface area contributed by atoms with Crippen molar-refractivity contribution in [3.8, 4) is 22.8 Å². The van der Waals surface area contributed by atoms with Crippen LogP contribution in [0.25, 0.3) is 17.1 Å². The predicted molar refractivity (Wildman–Crippen MR) is 128 cm³/mol. The van der Waals surface area contributed by atoms with Crippen LogP contribution in [0.15, 0.2) is 84.0 Å². The normalized spacial score (nSPS) is 11.5. The Kier molecular flexibility index (Phi) is 6.61. The highest BCUT2D eigenvalue weighted by atomic mass is 32.2. The first kappa shape index (κ1) is 22.1. The highest BCUT2D eigenvalue weighted by Crippen LogP contribution is 2.30. The molecule has 32 heavy (non-hydrogen) atoms. The molecule has 0 aliphatic heterocycles. The molecule has 0 aliphatic rings. The molecule has 0 fully saturated rings. The quantitative estimate of drug-likeness (QED) is 0.238. The van der Waals surface area contributed by atoms with Gasteiger partial charge in [-0.05, 0) is 35.2 Å². The van der Waals surface area contributed by atoms with E-state index in [4.69, 9.17) is 4.74 Å². The van der Waals surface area contributed by atoms with Gasteiger partial charge in [0.05, 0.1) is 6.61 Å². The number of aromatic nitrogens is 3. The smallest absolute Gasteiger partial charge is 0.196 e. The van der Waals surface area contributed by atoms with Crippen molar-refractivity contribution in [1.82, 2.24) is 14.8 Å². The standard InChI is InChI=1S/C26H26FN3OS/c1-26(2,3)20-15-13-19(14-16-20)24-28-29-25(30(24)21-9-5-4-6-10-21)32-18-17-31-23-12-8-7-11-22(23)27/h4-16H,17-18H2,1-3H3. The molecule has 164 valence electrons.